The Morgan fingerprint density at radius 3 is 1.54 bits per heavy atom. The minimum absolute atomic E-state index is 0.119. The number of phenols is 2. The fourth-order valence-corrected chi connectivity index (χ4v) is 4.89. The van der Waals surface area contributed by atoms with Crippen molar-refractivity contribution in [3.05, 3.63) is 57.6 Å². The molecule has 2 N–H and O–H groups in total. The summed E-state index contributed by atoms with van der Waals surface area (Å²) in [6, 6.07) is 8.37. The van der Waals surface area contributed by atoms with Crippen LogP contribution < -0.4 is 0 Å². The Bertz CT molecular complexity index is 737. The van der Waals surface area contributed by atoms with Gasteiger partial charge in [0.15, 0.2) is 0 Å². The van der Waals surface area contributed by atoms with Crippen molar-refractivity contribution < 1.29 is 10.2 Å². The minimum atomic E-state index is 0.119. The van der Waals surface area contributed by atoms with Gasteiger partial charge in [-0.2, -0.15) is 0 Å². The second-order valence-electron chi connectivity index (χ2n) is 8.59. The zero-order valence-electron chi connectivity index (χ0n) is 16.7. The molecule has 0 spiro atoms. The lowest BCUT2D eigenvalue weighted by Crippen LogP contribution is -2.29. The van der Waals surface area contributed by atoms with Crippen LogP contribution in [-0.2, 0) is 12.8 Å². The van der Waals surface area contributed by atoms with E-state index in [0.29, 0.717) is 11.5 Å². The first-order chi connectivity index (χ1) is 12.3. The van der Waals surface area contributed by atoms with Crippen molar-refractivity contribution in [1.82, 2.24) is 0 Å². The highest BCUT2D eigenvalue weighted by Gasteiger charge is 2.34. The Balaban J connectivity index is 1.98. The van der Waals surface area contributed by atoms with Crippen LogP contribution >= 0.6 is 0 Å². The second-order valence-corrected chi connectivity index (χ2v) is 8.59. The fourth-order valence-electron chi connectivity index (χ4n) is 4.89. The van der Waals surface area contributed by atoms with E-state index in [9.17, 15) is 10.2 Å². The summed E-state index contributed by atoms with van der Waals surface area (Å²) in [6.07, 6.45) is 7.84. The van der Waals surface area contributed by atoms with E-state index in [2.05, 4.69) is 26.0 Å². The number of rotatable bonds is 4. The molecule has 1 fully saturated rings. The zero-order chi connectivity index (χ0) is 18.9. The SMILES string of the molecule is Cc1cc(C)c(O)c(CC2(Cc3cc(C)cc(C)c3O)CCCCC2)c1. The first-order valence-corrected chi connectivity index (χ1v) is 9.88. The summed E-state index contributed by atoms with van der Waals surface area (Å²) >= 11 is 0. The molecule has 1 aliphatic rings. The zero-order valence-corrected chi connectivity index (χ0v) is 16.7. The summed E-state index contributed by atoms with van der Waals surface area (Å²) in [6.45, 7) is 8.16. The first kappa shape index (κ1) is 18.8. The van der Waals surface area contributed by atoms with Gasteiger partial charge in [0.2, 0.25) is 0 Å². The van der Waals surface area contributed by atoms with Gasteiger partial charge in [0.25, 0.3) is 0 Å². The third-order valence-electron chi connectivity index (χ3n) is 6.09. The Hall–Kier alpha value is -1.96. The van der Waals surface area contributed by atoms with Crippen LogP contribution in [-0.4, -0.2) is 10.2 Å². The van der Waals surface area contributed by atoms with E-state index in [4.69, 9.17) is 0 Å². The predicted molar refractivity (Wildman–Crippen MR) is 108 cm³/mol. The molecule has 0 radical (unpaired) electrons. The van der Waals surface area contributed by atoms with Gasteiger partial charge in [-0.1, -0.05) is 54.7 Å². The quantitative estimate of drug-likeness (QED) is 0.701. The highest BCUT2D eigenvalue weighted by Crippen LogP contribution is 2.45. The van der Waals surface area contributed by atoms with Gasteiger partial charge >= 0.3 is 0 Å². The smallest absolute Gasteiger partial charge is 0.121 e. The van der Waals surface area contributed by atoms with Crippen LogP contribution in [0.3, 0.4) is 0 Å². The van der Waals surface area contributed by atoms with Crippen molar-refractivity contribution in [3.8, 4) is 11.5 Å². The highest BCUT2D eigenvalue weighted by atomic mass is 16.3. The maximum Gasteiger partial charge on any atom is 0.121 e. The number of hydrogen-bond donors (Lipinski definition) is 2. The number of hydrogen-bond acceptors (Lipinski definition) is 2. The molecule has 0 heterocycles. The van der Waals surface area contributed by atoms with Gasteiger partial charge in [0.05, 0.1) is 0 Å². The van der Waals surface area contributed by atoms with Crippen LogP contribution in [0.4, 0.5) is 0 Å². The van der Waals surface area contributed by atoms with E-state index < -0.39 is 0 Å². The van der Waals surface area contributed by atoms with Gasteiger partial charge in [-0.3, -0.25) is 0 Å². The second kappa shape index (κ2) is 7.34. The van der Waals surface area contributed by atoms with Gasteiger partial charge in [-0.05, 0) is 81.0 Å². The summed E-state index contributed by atoms with van der Waals surface area (Å²) in [7, 11) is 0. The van der Waals surface area contributed by atoms with Crippen LogP contribution in [0, 0.1) is 33.1 Å². The van der Waals surface area contributed by atoms with E-state index in [1.165, 1.54) is 30.4 Å². The molecule has 1 aliphatic carbocycles. The molecule has 0 atom stereocenters. The average molecular weight is 353 g/mol. The molecule has 2 nitrogen and oxygen atoms in total. The molecule has 0 bridgehead atoms. The molecular formula is C24H32O2. The fraction of sp³-hybridized carbons (Fsp3) is 0.500. The Kier molecular flexibility index (Phi) is 5.32. The van der Waals surface area contributed by atoms with Crippen LogP contribution in [0.5, 0.6) is 11.5 Å². The maximum atomic E-state index is 10.6. The topological polar surface area (TPSA) is 40.5 Å². The molecule has 140 valence electrons. The van der Waals surface area contributed by atoms with E-state index in [-0.39, 0.29) is 5.41 Å². The van der Waals surface area contributed by atoms with Crippen molar-refractivity contribution in [2.24, 2.45) is 5.41 Å². The van der Waals surface area contributed by atoms with Crippen LogP contribution in [0.15, 0.2) is 24.3 Å². The van der Waals surface area contributed by atoms with Crippen LogP contribution in [0.25, 0.3) is 0 Å². The van der Waals surface area contributed by atoms with Crippen molar-refractivity contribution in [1.29, 1.82) is 0 Å². The predicted octanol–water partition coefficient (Wildman–Crippen LogP) is 6.07. The Labute approximate surface area is 157 Å². The summed E-state index contributed by atoms with van der Waals surface area (Å²) in [5, 5.41) is 21.3. The molecule has 2 heteroatoms. The summed E-state index contributed by atoms with van der Waals surface area (Å²) in [5.41, 5.74) is 6.57. The average Bonchev–Trinajstić information content (AvgIpc) is 2.57. The van der Waals surface area contributed by atoms with Crippen LogP contribution in [0.2, 0.25) is 0 Å². The normalized spacial score (nSPS) is 16.6. The van der Waals surface area contributed by atoms with Gasteiger partial charge in [-0.15, -0.1) is 0 Å². The minimum Gasteiger partial charge on any atom is -0.507 e. The lowest BCUT2D eigenvalue weighted by Gasteiger charge is -2.38. The van der Waals surface area contributed by atoms with Gasteiger partial charge < -0.3 is 10.2 Å². The third kappa shape index (κ3) is 3.90. The summed E-state index contributed by atoms with van der Waals surface area (Å²) in [4.78, 5) is 0. The maximum absolute atomic E-state index is 10.6. The first-order valence-electron chi connectivity index (χ1n) is 9.88. The molecule has 1 saturated carbocycles. The largest absolute Gasteiger partial charge is 0.507 e. The Morgan fingerprint density at radius 2 is 1.12 bits per heavy atom. The molecule has 0 saturated heterocycles. The molecule has 26 heavy (non-hydrogen) atoms. The van der Waals surface area contributed by atoms with E-state index >= 15 is 0 Å². The molecule has 0 aliphatic heterocycles. The number of phenolic OH excluding ortho intramolecular Hbond substituents is 2. The third-order valence-corrected chi connectivity index (χ3v) is 6.09. The van der Waals surface area contributed by atoms with E-state index in [0.717, 1.165) is 47.9 Å². The molecule has 0 unspecified atom stereocenters. The Morgan fingerprint density at radius 1 is 0.692 bits per heavy atom. The van der Waals surface area contributed by atoms with E-state index in [1.54, 1.807) is 0 Å². The number of aryl methyl sites for hydroxylation is 4. The molecule has 3 rings (SSSR count). The van der Waals surface area contributed by atoms with Crippen molar-refractivity contribution in [2.75, 3.05) is 0 Å². The lowest BCUT2D eigenvalue weighted by molar-refractivity contribution is 0.183. The summed E-state index contributed by atoms with van der Waals surface area (Å²) < 4.78 is 0. The number of aromatic hydroxyl groups is 2. The standard InChI is InChI=1S/C24H32O2/c1-16-10-18(3)22(25)20(12-16)14-24(8-6-5-7-9-24)15-21-13-17(2)11-19(4)23(21)26/h10-13,25-26H,5-9,14-15H2,1-4H3. The lowest BCUT2D eigenvalue weighted by atomic mass is 9.66. The summed E-state index contributed by atoms with van der Waals surface area (Å²) in [5.74, 6) is 0.899. The molecule has 0 aromatic heterocycles. The number of benzene rings is 2. The van der Waals surface area contributed by atoms with Gasteiger partial charge in [0.1, 0.15) is 11.5 Å². The monoisotopic (exact) mass is 352 g/mol. The van der Waals surface area contributed by atoms with Crippen molar-refractivity contribution >= 4 is 0 Å². The molecule has 0 amide bonds. The van der Waals surface area contributed by atoms with Crippen LogP contribution in [0.1, 0.15) is 65.5 Å². The van der Waals surface area contributed by atoms with E-state index in [1.807, 2.05) is 26.0 Å². The van der Waals surface area contributed by atoms with Gasteiger partial charge in [-0.25, -0.2) is 0 Å². The van der Waals surface area contributed by atoms with Crippen molar-refractivity contribution in [3.63, 3.8) is 0 Å². The molecule has 2 aromatic carbocycles. The van der Waals surface area contributed by atoms with Crippen molar-refractivity contribution in [2.45, 2.75) is 72.6 Å². The highest BCUT2D eigenvalue weighted by molar-refractivity contribution is 5.45. The molecular weight excluding hydrogens is 320 g/mol. The van der Waals surface area contributed by atoms with Gasteiger partial charge in [0, 0.05) is 0 Å². The molecule has 2 aromatic rings.